The van der Waals surface area contributed by atoms with Crippen LogP contribution in [0.5, 0.6) is 5.75 Å². The topological polar surface area (TPSA) is 61.5 Å². The van der Waals surface area contributed by atoms with Crippen molar-refractivity contribution in [2.45, 2.75) is 6.42 Å². The van der Waals surface area contributed by atoms with Crippen LogP contribution in [-0.2, 0) is 16.0 Å². The number of para-hydroxylation sites is 1. The Balaban J connectivity index is 0.00000256. The third-order valence-corrected chi connectivity index (χ3v) is 2.48. The molecule has 17 heavy (non-hydrogen) atoms. The Morgan fingerprint density at radius 3 is 2.53 bits per heavy atom. The molecular formula is C12H18ClNO3. The van der Waals surface area contributed by atoms with Crippen LogP contribution < -0.4 is 10.5 Å². The molecule has 0 saturated carbocycles. The van der Waals surface area contributed by atoms with E-state index in [1.54, 1.807) is 7.11 Å². The van der Waals surface area contributed by atoms with E-state index in [4.69, 9.17) is 10.5 Å². The number of methoxy groups -OCH3 is 2. The van der Waals surface area contributed by atoms with Crippen LogP contribution in [0.25, 0.3) is 0 Å². The number of carbonyl (C=O) groups is 1. The molecule has 1 aromatic rings. The van der Waals surface area contributed by atoms with Gasteiger partial charge in [0.1, 0.15) is 5.75 Å². The van der Waals surface area contributed by atoms with Crippen molar-refractivity contribution in [1.29, 1.82) is 0 Å². The van der Waals surface area contributed by atoms with E-state index in [9.17, 15) is 4.79 Å². The Kier molecular flexibility index (Phi) is 7.34. The summed E-state index contributed by atoms with van der Waals surface area (Å²) in [7, 11) is 2.97. The molecule has 0 aliphatic carbocycles. The van der Waals surface area contributed by atoms with Gasteiger partial charge in [0.15, 0.2) is 0 Å². The van der Waals surface area contributed by atoms with Gasteiger partial charge >= 0.3 is 5.97 Å². The fraction of sp³-hybridized carbons (Fsp3) is 0.417. The third-order valence-electron chi connectivity index (χ3n) is 2.48. The molecule has 0 bridgehead atoms. The van der Waals surface area contributed by atoms with E-state index in [0.29, 0.717) is 6.42 Å². The van der Waals surface area contributed by atoms with Gasteiger partial charge in [0.05, 0.1) is 20.1 Å². The fourth-order valence-corrected chi connectivity index (χ4v) is 1.57. The molecular weight excluding hydrogens is 242 g/mol. The normalized spacial score (nSPS) is 11.2. The molecule has 1 atom stereocenters. The average molecular weight is 260 g/mol. The predicted molar refractivity (Wildman–Crippen MR) is 68.5 cm³/mol. The van der Waals surface area contributed by atoms with Crippen LogP contribution in [0.15, 0.2) is 24.3 Å². The number of halogens is 1. The molecule has 0 spiro atoms. The monoisotopic (exact) mass is 259 g/mol. The smallest absolute Gasteiger partial charge is 0.310 e. The molecule has 5 heteroatoms. The minimum Gasteiger partial charge on any atom is -0.496 e. The number of hydrogen-bond donors (Lipinski definition) is 1. The minimum atomic E-state index is -0.318. The van der Waals surface area contributed by atoms with Gasteiger partial charge in [-0.1, -0.05) is 18.2 Å². The van der Waals surface area contributed by atoms with E-state index in [2.05, 4.69) is 4.74 Å². The van der Waals surface area contributed by atoms with Crippen molar-refractivity contribution >= 4 is 18.4 Å². The summed E-state index contributed by atoms with van der Waals surface area (Å²) >= 11 is 0. The highest BCUT2D eigenvalue weighted by atomic mass is 35.5. The van der Waals surface area contributed by atoms with Crippen LogP contribution in [-0.4, -0.2) is 26.7 Å². The van der Waals surface area contributed by atoms with Gasteiger partial charge in [0.25, 0.3) is 0 Å². The van der Waals surface area contributed by atoms with Crippen molar-refractivity contribution < 1.29 is 14.3 Å². The fourth-order valence-electron chi connectivity index (χ4n) is 1.57. The number of ether oxygens (including phenoxy) is 2. The molecule has 4 nitrogen and oxygen atoms in total. The molecule has 1 rings (SSSR count). The summed E-state index contributed by atoms with van der Waals surface area (Å²) in [6.45, 7) is 0.269. The molecule has 0 aliphatic heterocycles. The molecule has 0 saturated heterocycles. The Morgan fingerprint density at radius 1 is 1.35 bits per heavy atom. The third kappa shape index (κ3) is 4.24. The minimum absolute atomic E-state index is 0. The predicted octanol–water partition coefficient (Wildman–Crippen LogP) is 1.41. The number of nitrogens with two attached hydrogens (primary N) is 1. The van der Waals surface area contributed by atoms with Crippen LogP contribution in [0, 0.1) is 5.92 Å². The van der Waals surface area contributed by atoms with Gasteiger partial charge in [0, 0.05) is 6.54 Å². The molecule has 0 amide bonds. The molecule has 0 heterocycles. The van der Waals surface area contributed by atoms with Gasteiger partial charge < -0.3 is 15.2 Å². The van der Waals surface area contributed by atoms with E-state index in [-0.39, 0.29) is 30.8 Å². The molecule has 0 aliphatic rings. The number of carbonyl (C=O) groups excluding carboxylic acids is 1. The summed E-state index contributed by atoms with van der Waals surface area (Å²) in [6, 6.07) is 7.57. The Bertz CT molecular complexity index is 357. The summed E-state index contributed by atoms with van der Waals surface area (Å²) in [5.41, 5.74) is 6.51. The van der Waals surface area contributed by atoms with Crippen LogP contribution in [0.4, 0.5) is 0 Å². The van der Waals surface area contributed by atoms with E-state index in [1.807, 2.05) is 24.3 Å². The molecule has 1 aromatic carbocycles. The molecule has 0 aromatic heterocycles. The number of benzene rings is 1. The second-order valence-electron chi connectivity index (χ2n) is 3.47. The summed E-state index contributed by atoms with van der Waals surface area (Å²) < 4.78 is 9.90. The largest absolute Gasteiger partial charge is 0.496 e. The standard InChI is InChI=1S/C12H17NO3.ClH/c1-15-11-6-4-3-5-9(11)7-10(8-13)12(14)16-2;/h3-6,10H,7-8,13H2,1-2H3;1H. The maximum Gasteiger partial charge on any atom is 0.310 e. The second-order valence-corrected chi connectivity index (χ2v) is 3.47. The lowest BCUT2D eigenvalue weighted by Gasteiger charge is -2.14. The molecule has 0 fully saturated rings. The molecule has 1 unspecified atom stereocenters. The van der Waals surface area contributed by atoms with Gasteiger partial charge in [-0.25, -0.2) is 0 Å². The van der Waals surface area contributed by atoms with Crippen LogP contribution >= 0.6 is 12.4 Å². The van der Waals surface area contributed by atoms with Crippen LogP contribution in [0.1, 0.15) is 5.56 Å². The Morgan fingerprint density at radius 2 is 2.00 bits per heavy atom. The Labute approximate surface area is 108 Å². The van der Waals surface area contributed by atoms with Gasteiger partial charge in [-0.15, -0.1) is 12.4 Å². The first-order valence-electron chi connectivity index (χ1n) is 5.12. The van der Waals surface area contributed by atoms with Crippen molar-refractivity contribution in [3.63, 3.8) is 0 Å². The zero-order chi connectivity index (χ0) is 12.0. The van der Waals surface area contributed by atoms with E-state index in [1.165, 1.54) is 7.11 Å². The lowest BCUT2D eigenvalue weighted by molar-refractivity contribution is -0.145. The van der Waals surface area contributed by atoms with E-state index >= 15 is 0 Å². The van der Waals surface area contributed by atoms with Gasteiger partial charge in [-0.2, -0.15) is 0 Å². The van der Waals surface area contributed by atoms with E-state index < -0.39 is 0 Å². The lowest BCUT2D eigenvalue weighted by Crippen LogP contribution is -2.26. The van der Waals surface area contributed by atoms with Gasteiger partial charge in [-0.3, -0.25) is 4.79 Å². The van der Waals surface area contributed by atoms with Crippen molar-refractivity contribution in [1.82, 2.24) is 0 Å². The number of esters is 1. The van der Waals surface area contributed by atoms with Gasteiger partial charge in [-0.05, 0) is 18.1 Å². The summed E-state index contributed by atoms with van der Waals surface area (Å²) in [5, 5.41) is 0. The summed E-state index contributed by atoms with van der Waals surface area (Å²) in [4.78, 5) is 11.4. The van der Waals surface area contributed by atoms with Crippen LogP contribution in [0.3, 0.4) is 0 Å². The highest BCUT2D eigenvalue weighted by Crippen LogP contribution is 2.21. The SMILES string of the molecule is COC(=O)C(CN)Cc1ccccc1OC.Cl. The molecule has 96 valence electrons. The zero-order valence-electron chi connectivity index (χ0n) is 10.0. The van der Waals surface area contributed by atoms with Crippen molar-refractivity contribution in [2.24, 2.45) is 11.7 Å². The molecule has 0 radical (unpaired) electrons. The second kappa shape index (κ2) is 7.92. The number of hydrogen-bond acceptors (Lipinski definition) is 4. The maximum absolute atomic E-state index is 11.4. The highest BCUT2D eigenvalue weighted by Gasteiger charge is 2.19. The number of rotatable bonds is 5. The summed E-state index contributed by atoms with van der Waals surface area (Å²) in [5.74, 6) is 0.166. The lowest BCUT2D eigenvalue weighted by atomic mass is 9.99. The average Bonchev–Trinajstić information content (AvgIpc) is 2.35. The van der Waals surface area contributed by atoms with Crippen LogP contribution in [0.2, 0.25) is 0 Å². The summed E-state index contributed by atoms with van der Waals surface area (Å²) in [6.07, 6.45) is 0.535. The highest BCUT2D eigenvalue weighted by molar-refractivity contribution is 5.85. The Hall–Kier alpha value is -1.26. The van der Waals surface area contributed by atoms with Gasteiger partial charge in [0.2, 0.25) is 0 Å². The quantitative estimate of drug-likeness (QED) is 0.812. The first-order chi connectivity index (χ1) is 7.72. The van der Waals surface area contributed by atoms with Crippen molar-refractivity contribution in [3.8, 4) is 5.75 Å². The first-order valence-corrected chi connectivity index (χ1v) is 5.12. The first kappa shape index (κ1) is 15.7. The zero-order valence-corrected chi connectivity index (χ0v) is 10.8. The van der Waals surface area contributed by atoms with Crippen molar-refractivity contribution in [3.05, 3.63) is 29.8 Å². The van der Waals surface area contributed by atoms with Crippen molar-refractivity contribution in [2.75, 3.05) is 20.8 Å². The molecule has 2 N–H and O–H groups in total. The maximum atomic E-state index is 11.4. The van der Waals surface area contributed by atoms with E-state index in [0.717, 1.165) is 11.3 Å².